The lowest BCUT2D eigenvalue weighted by atomic mass is 10.0. The first kappa shape index (κ1) is 29.4. The third-order valence-electron chi connectivity index (χ3n) is 9.41. The monoisotopic (exact) mass is 641 g/mol. The molecule has 0 spiro atoms. The molecule has 2 heterocycles. The molecule has 5 heteroatoms. The van der Waals surface area contributed by atoms with E-state index in [1.165, 1.54) is 27.6 Å². The van der Waals surface area contributed by atoms with E-state index in [2.05, 4.69) is 77.4 Å². The van der Waals surface area contributed by atoms with Crippen molar-refractivity contribution in [3.05, 3.63) is 192 Å². The van der Waals surface area contributed by atoms with Gasteiger partial charge in [0.25, 0.3) is 0 Å². The number of fused-ring (bicyclic) bond motifs is 6. The number of hydrogen-bond acceptors (Lipinski definition) is 2. The molecule has 2 aromatic heterocycles. The topological polar surface area (TPSA) is 66.4 Å². The van der Waals surface area contributed by atoms with Crippen LogP contribution in [-0.2, 0) is 6.42 Å². The fourth-order valence-electron chi connectivity index (χ4n) is 7.02. The van der Waals surface area contributed by atoms with Crippen LogP contribution in [0.5, 0.6) is 0 Å². The van der Waals surface area contributed by atoms with Gasteiger partial charge in [0, 0.05) is 34.3 Å². The van der Waals surface area contributed by atoms with Gasteiger partial charge in [0.05, 0.1) is 16.6 Å². The van der Waals surface area contributed by atoms with Gasteiger partial charge in [-0.25, -0.2) is 15.0 Å². The highest BCUT2D eigenvalue weighted by atomic mass is 15.1. The standard InChI is InChI=1S/C45H31N5/c46-43(49-44(32-18-8-3-9-19-32)47-28-30-14-4-1-5-15-30)40-26-35(31-16-6-2-7-17-31)29-48-45(40)50-41-23-13-12-22-37(41)39-25-34-24-33-20-10-11-21-36(33)38(34)27-42(39)50/h1-23,25-29,46H,24H2. The molecular formula is C45H31N5. The summed E-state index contributed by atoms with van der Waals surface area (Å²) < 4.78 is 2.20. The summed E-state index contributed by atoms with van der Waals surface area (Å²) in [7, 11) is 0. The molecule has 5 nitrogen and oxygen atoms in total. The van der Waals surface area contributed by atoms with E-state index in [4.69, 9.17) is 15.0 Å². The zero-order valence-electron chi connectivity index (χ0n) is 27.2. The maximum absolute atomic E-state index is 9.62. The molecule has 1 aliphatic carbocycles. The molecule has 50 heavy (non-hydrogen) atoms. The van der Waals surface area contributed by atoms with Crippen LogP contribution in [0.25, 0.3) is 49.9 Å². The highest BCUT2D eigenvalue weighted by Crippen LogP contribution is 2.42. The van der Waals surface area contributed by atoms with Gasteiger partial charge in [-0.3, -0.25) is 9.98 Å². The van der Waals surface area contributed by atoms with E-state index in [9.17, 15) is 5.41 Å². The van der Waals surface area contributed by atoms with Gasteiger partial charge in [-0.05, 0) is 64.1 Å². The second-order valence-electron chi connectivity index (χ2n) is 12.5. The summed E-state index contributed by atoms with van der Waals surface area (Å²) in [5.74, 6) is 1.18. The summed E-state index contributed by atoms with van der Waals surface area (Å²) >= 11 is 0. The third kappa shape index (κ3) is 5.22. The van der Waals surface area contributed by atoms with E-state index in [1.54, 1.807) is 6.21 Å². The maximum Gasteiger partial charge on any atom is 0.161 e. The van der Waals surface area contributed by atoms with Crippen molar-refractivity contribution in [2.75, 3.05) is 0 Å². The number of amidine groups is 2. The Morgan fingerprint density at radius 2 is 1.32 bits per heavy atom. The molecule has 0 amide bonds. The number of hydrogen-bond donors (Lipinski definition) is 1. The molecule has 0 radical (unpaired) electrons. The minimum atomic E-state index is 0.0757. The van der Waals surface area contributed by atoms with Crippen molar-refractivity contribution in [1.82, 2.24) is 9.55 Å². The normalized spacial score (nSPS) is 12.4. The van der Waals surface area contributed by atoms with Crippen LogP contribution in [0.2, 0.25) is 0 Å². The van der Waals surface area contributed by atoms with Crippen LogP contribution in [0.1, 0.15) is 27.8 Å². The lowest BCUT2D eigenvalue weighted by molar-refractivity contribution is 1.07. The van der Waals surface area contributed by atoms with Crippen LogP contribution in [0.3, 0.4) is 0 Å². The zero-order valence-corrected chi connectivity index (χ0v) is 27.2. The lowest BCUT2D eigenvalue weighted by Crippen LogP contribution is -2.10. The van der Waals surface area contributed by atoms with Crippen molar-refractivity contribution in [3.63, 3.8) is 0 Å². The number of nitrogens with zero attached hydrogens (tertiary/aromatic N) is 4. The van der Waals surface area contributed by atoms with Crippen molar-refractivity contribution < 1.29 is 0 Å². The molecule has 6 aromatic carbocycles. The minimum absolute atomic E-state index is 0.0757. The summed E-state index contributed by atoms with van der Waals surface area (Å²) in [4.78, 5) is 14.9. The SMILES string of the molecule is N=C(N=C(N=Cc1ccccc1)c1ccccc1)c1cc(-c2ccccc2)cnc1-n1c2ccccc2c2cc3c(cc21)-c1ccccc1C3. The Labute approximate surface area is 290 Å². The highest BCUT2D eigenvalue weighted by molar-refractivity contribution is 6.16. The summed E-state index contributed by atoms with van der Waals surface area (Å²) in [6.07, 6.45) is 4.62. The molecule has 0 aliphatic heterocycles. The number of aromatic nitrogens is 2. The number of benzene rings is 6. The van der Waals surface area contributed by atoms with Gasteiger partial charge in [0.15, 0.2) is 11.7 Å². The number of pyridine rings is 1. The molecule has 0 atom stereocenters. The van der Waals surface area contributed by atoms with E-state index in [0.29, 0.717) is 17.2 Å². The summed E-state index contributed by atoms with van der Waals surface area (Å²) in [5.41, 5.74) is 11.6. The van der Waals surface area contributed by atoms with Crippen LogP contribution < -0.4 is 0 Å². The van der Waals surface area contributed by atoms with Crippen molar-refractivity contribution >= 4 is 39.7 Å². The second-order valence-corrected chi connectivity index (χ2v) is 12.5. The first-order valence-corrected chi connectivity index (χ1v) is 16.7. The molecule has 236 valence electrons. The molecule has 1 N–H and O–H groups in total. The van der Waals surface area contributed by atoms with Gasteiger partial charge in [-0.1, -0.05) is 133 Å². The fourth-order valence-corrected chi connectivity index (χ4v) is 7.02. The molecular weight excluding hydrogens is 611 g/mol. The molecule has 0 fully saturated rings. The Kier molecular flexibility index (Phi) is 7.29. The smallest absolute Gasteiger partial charge is 0.161 e. The number of para-hydroxylation sites is 1. The predicted molar refractivity (Wildman–Crippen MR) is 206 cm³/mol. The maximum atomic E-state index is 9.62. The quantitative estimate of drug-likeness (QED) is 0.147. The summed E-state index contributed by atoms with van der Waals surface area (Å²) in [6, 6.07) is 53.8. The van der Waals surface area contributed by atoms with Gasteiger partial charge in [-0.2, -0.15) is 0 Å². The Bertz CT molecular complexity index is 2620. The van der Waals surface area contributed by atoms with E-state index in [1.807, 2.05) is 91.1 Å². The van der Waals surface area contributed by atoms with Crippen LogP contribution in [0, 0.1) is 5.41 Å². The molecule has 9 rings (SSSR count). The van der Waals surface area contributed by atoms with E-state index in [-0.39, 0.29) is 5.84 Å². The molecule has 0 saturated heterocycles. The average Bonchev–Trinajstić information content (AvgIpc) is 3.71. The van der Waals surface area contributed by atoms with Gasteiger partial charge in [0.2, 0.25) is 0 Å². The first-order valence-electron chi connectivity index (χ1n) is 16.7. The van der Waals surface area contributed by atoms with E-state index in [0.717, 1.165) is 45.1 Å². The van der Waals surface area contributed by atoms with Crippen LogP contribution in [0.4, 0.5) is 0 Å². The van der Waals surface area contributed by atoms with Crippen LogP contribution in [-0.4, -0.2) is 27.4 Å². The van der Waals surface area contributed by atoms with Gasteiger partial charge < -0.3 is 0 Å². The van der Waals surface area contributed by atoms with Crippen molar-refractivity contribution in [2.45, 2.75) is 6.42 Å². The lowest BCUT2D eigenvalue weighted by Gasteiger charge is -2.14. The molecule has 0 saturated carbocycles. The second kappa shape index (κ2) is 12.4. The van der Waals surface area contributed by atoms with Gasteiger partial charge >= 0.3 is 0 Å². The van der Waals surface area contributed by atoms with Crippen LogP contribution in [0.15, 0.2) is 174 Å². The Morgan fingerprint density at radius 1 is 0.620 bits per heavy atom. The fraction of sp³-hybridized carbons (Fsp3) is 0.0222. The van der Waals surface area contributed by atoms with E-state index < -0.39 is 0 Å². The van der Waals surface area contributed by atoms with Crippen molar-refractivity contribution in [2.24, 2.45) is 9.98 Å². The molecule has 0 bridgehead atoms. The number of nitrogens with one attached hydrogen (secondary N) is 1. The van der Waals surface area contributed by atoms with Gasteiger partial charge in [-0.15, -0.1) is 0 Å². The molecule has 8 aromatic rings. The molecule has 1 aliphatic rings. The first-order chi connectivity index (χ1) is 24.7. The Balaban J connectivity index is 1.28. The summed E-state index contributed by atoms with van der Waals surface area (Å²) in [5, 5.41) is 11.9. The summed E-state index contributed by atoms with van der Waals surface area (Å²) in [6.45, 7) is 0. The average molecular weight is 642 g/mol. The van der Waals surface area contributed by atoms with Crippen molar-refractivity contribution in [1.29, 1.82) is 5.41 Å². The van der Waals surface area contributed by atoms with E-state index >= 15 is 0 Å². The molecule has 0 unspecified atom stereocenters. The Morgan fingerprint density at radius 3 is 2.14 bits per heavy atom. The van der Waals surface area contributed by atoms with Crippen LogP contribution >= 0.6 is 0 Å². The third-order valence-corrected chi connectivity index (χ3v) is 9.41. The number of aliphatic imine (C=N–C) groups is 2. The minimum Gasteiger partial charge on any atom is -0.293 e. The highest BCUT2D eigenvalue weighted by Gasteiger charge is 2.24. The largest absolute Gasteiger partial charge is 0.293 e. The van der Waals surface area contributed by atoms with Gasteiger partial charge in [0.1, 0.15) is 5.82 Å². The predicted octanol–water partition coefficient (Wildman–Crippen LogP) is 10.3. The number of rotatable bonds is 5. The van der Waals surface area contributed by atoms with Crippen molar-refractivity contribution in [3.8, 4) is 28.1 Å². The zero-order chi connectivity index (χ0) is 33.4. The Hall–Kier alpha value is -6.72.